The lowest BCUT2D eigenvalue weighted by Gasteiger charge is -2.11. The van der Waals surface area contributed by atoms with Gasteiger partial charge in [-0.25, -0.2) is 0 Å². The van der Waals surface area contributed by atoms with Crippen LogP contribution in [0.4, 0.5) is 0 Å². The normalized spacial score (nSPS) is 10.8. The van der Waals surface area contributed by atoms with E-state index in [-0.39, 0.29) is 11.8 Å². The number of hydrogen-bond donors (Lipinski definition) is 0. The van der Waals surface area contributed by atoms with Crippen LogP contribution in [0.15, 0.2) is 29.0 Å². The van der Waals surface area contributed by atoms with Gasteiger partial charge in [-0.2, -0.15) is 5.10 Å². The van der Waals surface area contributed by atoms with Crippen molar-refractivity contribution in [2.75, 3.05) is 7.11 Å². The maximum Gasteiger partial charge on any atom is 0.234 e. The zero-order valence-corrected chi connectivity index (χ0v) is 12.5. The van der Waals surface area contributed by atoms with Crippen molar-refractivity contribution in [2.24, 2.45) is 0 Å². The highest BCUT2D eigenvalue weighted by Gasteiger charge is 2.24. The molecule has 0 unspecified atom stereocenters. The monoisotopic (exact) mass is 323 g/mol. The molecule has 0 saturated heterocycles. The highest BCUT2D eigenvalue weighted by Crippen LogP contribution is 2.26. The summed E-state index contributed by atoms with van der Waals surface area (Å²) < 4.78 is 7.50. The minimum atomic E-state index is -0.212. The molecule has 100 valence electrons. The molecule has 0 bridgehead atoms. The number of hydrogen-bond acceptors (Lipinski definition) is 4. The molecular formula is C13H14BrN3O2. The summed E-state index contributed by atoms with van der Waals surface area (Å²) in [6.45, 7) is 3.91. The standard InChI is InChI=1S/C13H14BrN3O2/c1-8(2)17-12(10(19-3)7-16-17)13(18)11-9(14)5-4-6-15-11/h4-8H,1-3H3. The lowest BCUT2D eigenvalue weighted by molar-refractivity contribution is 0.101. The fraction of sp³-hybridized carbons (Fsp3) is 0.308. The van der Waals surface area contributed by atoms with E-state index in [9.17, 15) is 4.79 Å². The van der Waals surface area contributed by atoms with Crippen LogP contribution in [0.5, 0.6) is 5.75 Å². The predicted molar refractivity (Wildman–Crippen MR) is 74.5 cm³/mol. The number of halogens is 1. The first-order valence-electron chi connectivity index (χ1n) is 5.83. The van der Waals surface area contributed by atoms with E-state index >= 15 is 0 Å². The number of ether oxygens (including phenoxy) is 1. The van der Waals surface area contributed by atoms with Gasteiger partial charge < -0.3 is 4.74 Å². The van der Waals surface area contributed by atoms with Crippen molar-refractivity contribution >= 4 is 21.7 Å². The van der Waals surface area contributed by atoms with Crippen LogP contribution in [0, 0.1) is 0 Å². The zero-order chi connectivity index (χ0) is 14.0. The second-order valence-electron chi connectivity index (χ2n) is 4.26. The molecule has 0 aromatic carbocycles. The number of carbonyl (C=O) groups is 1. The van der Waals surface area contributed by atoms with Gasteiger partial charge in [0.05, 0.1) is 13.3 Å². The number of nitrogens with zero attached hydrogens (tertiary/aromatic N) is 3. The lowest BCUT2D eigenvalue weighted by atomic mass is 10.1. The third kappa shape index (κ3) is 2.53. The highest BCUT2D eigenvalue weighted by molar-refractivity contribution is 9.10. The molecule has 0 amide bonds. The molecule has 0 radical (unpaired) electrons. The number of pyridine rings is 1. The van der Waals surface area contributed by atoms with Crippen LogP contribution < -0.4 is 4.74 Å². The van der Waals surface area contributed by atoms with Gasteiger partial charge in [0.1, 0.15) is 5.69 Å². The summed E-state index contributed by atoms with van der Waals surface area (Å²) in [5.74, 6) is 0.242. The summed E-state index contributed by atoms with van der Waals surface area (Å²) in [7, 11) is 1.52. The topological polar surface area (TPSA) is 57.0 Å². The fourth-order valence-electron chi connectivity index (χ4n) is 1.77. The van der Waals surface area contributed by atoms with Crippen molar-refractivity contribution in [2.45, 2.75) is 19.9 Å². The number of aromatic nitrogens is 3. The zero-order valence-electron chi connectivity index (χ0n) is 10.9. The number of rotatable bonds is 4. The summed E-state index contributed by atoms with van der Waals surface area (Å²) in [5.41, 5.74) is 0.764. The maximum absolute atomic E-state index is 12.6. The van der Waals surface area contributed by atoms with Gasteiger partial charge >= 0.3 is 0 Å². The quantitative estimate of drug-likeness (QED) is 0.812. The number of methoxy groups -OCH3 is 1. The molecule has 19 heavy (non-hydrogen) atoms. The number of ketones is 1. The molecule has 0 aliphatic rings. The van der Waals surface area contributed by atoms with Crippen LogP contribution in [-0.2, 0) is 0 Å². The van der Waals surface area contributed by atoms with E-state index in [0.717, 1.165) is 0 Å². The Bertz CT molecular complexity index is 608. The molecule has 2 heterocycles. The Labute approximate surface area is 119 Å². The van der Waals surface area contributed by atoms with Gasteiger partial charge in [-0.1, -0.05) is 0 Å². The molecule has 0 saturated carbocycles. The minimum absolute atomic E-state index is 0.0605. The first kappa shape index (κ1) is 13.7. The fourth-order valence-corrected chi connectivity index (χ4v) is 2.20. The van der Waals surface area contributed by atoms with Gasteiger partial charge in [-0.3, -0.25) is 14.5 Å². The van der Waals surface area contributed by atoms with Crippen molar-refractivity contribution in [3.8, 4) is 5.75 Å². The second kappa shape index (κ2) is 5.52. The van der Waals surface area contributed by atoms with Crippen LogP contribution in [0.1, 0.15) is 36.1 Å². The second-order valence-corrected chi connectivity index (χ2v) is 5.12. The van der Waals surface area contributed by atoms with Gasteiger partial charge in [0, 0.05) is 16.7 Å². The van der Waals surface area contributed by atoms with Gasteiger partial charge in [0.2, 0.25) is 5.78 Å². The van der Waals surface area contributed by atoms with Crippen molar-refractivity contribution < 1.29 is 9.53 Å². The lowest BCUT2D eigenvalue weighted by Crippen LogP contribution is -2.15. The first-order chi connectivity index (χ1) is 9.06. The molecule has 0 fully saturated rings. The van der Waals surface area contributed by atoms with E-state index < -0.39 is 0 Å². The molecule has 2 aromatic heterocycles. The van der Waals surface area contributed by atoms with Crippen molar-refractivity contribution in [1.82, 2.24) is 14.8 Å². The molecule has 0 atom stereocenters. The summed E-state index contributed by atoms with van der Waals surface area (Å²) in [4.78, 5) is 16.7. The Morgan fingerprint density at radius 2 is 2.21 bits per heavy atom. The minimum Gasteiger partial charge on any atom is -0.493 e. The Morgan fingerprint density at radius 1 is 1.47 bits per heavy atom. The largest absolute Gasteiger partial charge is 0.493 e. The SMILES string of the molecule is COc1cnn(C(C)C)c1C(=O)c1ncccc1Br. The summed E-state index contributed by atoms with van der Waals surface area (Å²) in [6.07, 6.45) is 3.13. The van der Waals surface area contributed by atoms with E-state index in [2.05, 4.69) is 26.0 Å². The van der Waals surface area contributed by atoms with Gasteiger partial charge in [-0.15, -0.1) is 0 Å². The van der Waals surface area contributed by atoms with Crippen molar-refractivity contribution in [3.05, 3.63) is 40.4 Å². The van der Waals surface area contributed by atoms with Gasteiger partial charge in [0.15, 0.2) is 11.4 Å². The summed E-state index contributed by atoms with van der Waals surface area (Å²) in [6, 6.07) is 3.60. The van der Waals surface area contributed by atoms with Crippen LogP contribution >= 0.6 is 15.9 Å². The van der Waals surface area contributed by atoms with Crippen molar-refractivity contribution in [3.63, 3.8) is 0 Å². The van der Waals surface area contributed by atoms with Crippen molar-refractivity contribution in [1.29, 1.82) is 0 Å². The summed E-state index contributed by atoms with van der Waals surface area (Å²) >= 11 is 3.34. The predicted octanol–water partition coefficient (Wildman–Crippen LogP) is 2.86. The van der Waals surface area contributed by atoms with E-state index in [0.29, 0.717) is 21.6 Å². The van der Waals surface area contributed by atoms with Crippen LogP contribution in [0.3, 0.4) is 0 Å². The Morgan fingerprint density at radius 3 is 2.79 bits per heavy atom. The molecule has 6 heteroatoms. The number of carbonyl (C=O) groups excluding carboxylic acids is 1. The van der Waals surface area contributed by atoms with E-state index in [1.807, 2.05) is 13.8 Å². The molecule has 0 aliphatic heterocycles. The average Bonchev–Trinajstić information content (AvgIpc) is 2.82. The van der Waals surface area contributed by atoms with Crippen LogP contribution in [0.25, 0.3) is 0 Å². The Kier molecular flexibility index (Phi) is 3.99. The van der Waals surface area contributed by atoms with Crippen LogP contribution in [0.2, 0.25) is 0 Å². The van der Waals surface area contributed by atoms with E-state index in [1.165, 1.54) is 7.11 Å². The molecule has 5 nitrogen and oxygen atoms in total. The summed E-state index contributed by atoms with van der Waals surface area (Å²) in [5, 5.41) is 4.19. The molecule has 2 aromatic rings. The third-order valence-electron chi connectivity index (χ3n) is 2.66. The Hall–Kier alpha value is -1.69. The third-order valence-corrected chi connectivity index (χ3v) is 3.30. The molecule has 2 rings (SSSR count). The molecule has 0 spiro atoms. The van der Waals surface area contributed by atoms with E-state index in [4.69, 9.17) is 4.74 Å². The van der Waals surface area contributed by atoms with Gasteiger partial charge in [0.25, 0.3) is 0 Å². The first-order valence-corrected chi connectivity index (χ1v) is 6.62. The molecule has 0 aliphatic carbocycles. The maximum atomic E-state index is 12.6. The smallest absolute Gasteiger partial charge is 0.234 e. The average molecular weight is 324 g/mol. The molecule has 0 N–H and O–H groups in total. The van der Waals surface area contributed by atoms with Crippen LogP contribution in [-0.4, -0.2) is 27.7 Å². The van der Waals surface area contributed by atoms with Gasteiger partial charge in [-0.05, 0) is 41.9 Å². The highest BCUT2D eigenvalue weighted by atomic mass is 79.9. The Balaban J connectivity index is 2.55. The molecular weight excluding hydrogens is 310 g/mol. The van der Waals surface area contributed by atoms with E-state index in [1.54, 1.807) is 29.2 Å².